The minimum Gasteiger partial charge on any atom is -0.493 e. The Morgan fingerprint density at radius 1 is 1.03 bits per heavy atom. The van der Waals surface area contributed by atoms with E-state index in [1.54, 1.807) is 37.9 Å². The van der Waals surface area contributed by atoms with Crippen LogP contribution in [-0.4, -0.2) is 32.1 Å². The molecule has 0 aliphatic carbocycles. The Hall–Kier alpha value is -3.43. The average Bonchev–Trinajstić information content (AvgIpc) is 2.83. The highest BCUT2D eigenvalue weighted by atomic mass is 32.2. The fourth-order valence-electron chi connectivity index (χ4n) is 3.33. The summed E-state index contributed by atoms with van der Waals surface area (Å²) in [7, 11) is 5.02. The molecule has 0 atom stereocenters. The summed E-state index contributed by atoms with van der Waals surface area (Å²) in [5.41, 5.74) is 4.45. The molecule has 0 spiro atoms. The lowest BCUT2D eigenvalue weighted by Gasteiger charge is -2.21. The number of nitrogens with zero attached hydrogens (tertiary/aromatic N) is 2. The number of rotatable bonds is 8. The van der Waals surface area contributed by atoms with Gasteiger partial charge in [0, 0.05) is 24.2 Å². The van der Waals surface area contributed by atoms with Gasteiger partial charge in [0.25, 0.3) is 5.91 Å². The summed E-state index contributed by atoms with van der Waals surface area (Å²) in [5, 5.41) is 8.95. The quantitative estimate of drug-likeness (QED) is 0.431. The lowest BCUT2D eigenvalue weighted by molar-refractivity contribution is 0.0781. The Bertz CT molecular complexity index is 1140. The highest BCUT2D eigenvalue weighted by Gasteiger charge is 2.18. The molecule has 6 heteroatoms. The molecule has 164 valence electrons. The third-order valence-corrected chi connectivity index (χ3v) is 6.34. The summed E-state index contributed by atoms with van der Waals surface area (Å²) in [4.78, 5) is 15.9. The predicted octanol–water partition coefficient (Wildman–Crippen LogP) is 5.45. The van der Waals surface area contributed by atoms with E-state index >= 15 is 0 Å². The van der Waals surface area contributed by atoms with Crippen molar-refractivity contribution in [2.75, 3.05) is 21.3 Å². The van der Waals surface area contributed by atoms with E-state index in [-0.39, 0.29) is 5.91 Å². The summed E-state index contributed by atoms with van der Waals surface area (Å²) in [6.45, 7) is 2.45. The molecule has 32 heavy (non-hydrogen) atoms. The first-order valence-corrected chi connectivity index (χ1v) is 11.1. The van der Waals surface area contributed by atoms with Gasteiger partial charge in [0.1, 0.15) is 0 Å². The van der Waals surface area contributed by atoms with Crippen LogP contribution in [0, 0.1) is 18.3 Å². The highest BCUT2D eigenvalue weighted by molar-refractivity contribution is 7.98. The van der Waals surface area contributed by atoms with Gasteiger partial charge in [-0.25, -0.2) is 0 Å². The van der Waals surface area contributed by atoms with Gasteiger partial charge in [0.15, 0.2) is 11.5 Å². The van der Waals surface area contributed by atoms with Gasteiger partial charge in [-0.2, -0.15) is 5.26 Å². The zero-order chi connectivity index (χ0) is 23.1. The highest BCUT2D eigenvalue weighted by Crippen LogP contribution is 2.31. The van der Waals surface area contributed by atoms with Crippen LogP contribution in [0.2, 0.25) is 0 Å². The Labute approximate surface area is 193 Å². The van der Waals surface area contributed by atoms with E-state index in [2.05, 4.69) is 6.07 Å². The maximum atomic E-state index is 13.3. The van der Waals surface area contributed by atoms with Crippen LogP contribution in [0.25, 0.3) is 0 Å². The Kier molecular flexibility index (Phi) is 7.80. The summed E-state index contributed by atoms with van der Waals surface area (Å²) in [5.74, 6) is 2.00. The van der Waals surface area contributed by atoms with Crippen LogP contribution >= 0.6 is 11.8 Å². The van der Waals surface area contributed by atoms with Crippen LogP contribution in [0.1, 0.15) is 32.6 Å². The summed E-state index contributed by atoms with van der Waals surface area (Å²) in [6, 6.07) is 21.1. The molecule has 0 aliphatic heterocycles. The number of aryl methyl sites for hydroxylation is 1. The fourth-order valence-corrected chi connectivity index (χ4v) is 4.33. The van der Waals surface area contributed by atoms with E-state index in [1.807, 2.05) is 67.6 Å². The molecule has 0 N–H and O–H groups in total. The normalized spacial score (nSPS) is 10.3. The molecular formula is C26H26N2O3S. The van der Waals surface area contributed by atoms with Gasteiger partial charge in [-0.05, 0) is 60.0 Å². The molecule has 5 nitrogen and oxygen atoms in total. The van der Waals surface area contributed by atoms with Gasteiger partial charge in [-0.3, -0.25) is 4.79 Å². The number of hydrogen-bond acceptors (Lipinski definition) is 5. The maximum absolute atomic E-state index is 13.3. The van der Waals surface area contributed by atoms with Gasteiger partial charge in [0.2, 0.25) is 0 Å². The number of thioether (sulfide) groups is 1. The molecule has 0 saturated carbocycles. The van der Waals surface area contributed by atoms with Gasteiger partial charge in [0.05, 0.1) is 31.4 Å². The van der Waals surface area contributed by atoms with Crippen molar-refractivity contribution in [1.29, 1.82) is 5.26 Å². The van der Waals surface area contributed by atoms with Crippen LogP contribution < -0.4 is 9.47 Å². The predicted molar refractivity (Wildman–Crippen MR) is 127 cm³/mol. The second-order valence-electron chi connectivity index (χ2n) is 7.39. The number of carbonyl (C=O) groups excluding carboxylic acids is 1. The van der Waals surface area contributed by atoms with E-state index in [1.165, 1.54) is 0 Å². The van der Waals surface area contributed by atoms with Crippen molar-refractivity contribution in [1.82, 2.24) is 4.90 Å². The molecule has 0 bridgehead atoms. The number of hydrogen-bond donors (Lipinski definition) is 0. The SMILES string of the molecule is COc1cc(C)c(CN(C)C(=O)c2ccccc2SCc2ccc(C#N)cc2)cc1OC. The standard InChI is InChI=1S/C26H26N2O3S/c1-18-13-23(30-3)24(31-4)14-21(18)16-28(2)26(29)22-7-5-6-8-25(22)32-17-20-11-9-19(15-27)10-12-20/h5-14H,16-17H2,1-4H3. The lowest BCUT2D eigenvalue weighted by atomic mass is 10.1. The zero-order valence-corrected chi connectivity index (χ0v) is 19.5. The van der Waals surface area contributed by atoms with Crippen LogP contribution in [-0.2, 0) is 12.3 Å². The monoisotopic (exact) mass is 446 g/mol. The van der Waals surface area contributed by atoms with Crippen LogP contribution in [0.5, 0.6) is 11.5 Å². The minimum absolute atomic E-state index is 0.0397. The minimum atomic E-state index is -0.0397. The molecule has 3 rings (SSSR count). The van der Waals surface area contributed by atoms with E-state index < -0.39 is 0 Å². The molecular weight excluding hydrogens is 420 g/mol. The van der Waals surface area contributed by atoms with E-state index in [9.17, 15) is 4.79 Å². The largest absolute Gasteiger partial charge is 0.493 e. The fraction of sp³-hybridized carbons (Fsp3) is 0.231. The van der Waals surface area contributed by atoms with Gasteiger partial charge < -0.3 is 14.4 Å². The second-order valence-corrected chi connectivity index (χ2v) is 8.41. The van der Waals surface area contributed by atoms with Crippen LogP contribution in [0.4, 0.5) is 0 Å². The van der Waals surface area contributed by atoms with E-state index in [0.717, 1.165) is 21.6 Å². The van der Waals surface area contributed by atoms with Crippen molar-refractivity contribution >= 4 is 17.7 Å². The third kappa shape index (κ3) is 5.43. The van der Waals surface area contributed by atoms with Gasteiger partial charge in [-0.15, -0.1) is 11.8 Å². The number of ether oxygens (including phenoxy) is 2. The number of benzene rings is 3. The van der Waals surface area contributed by atoms with Crippen molar-refractivity contribution in [3.63, 3.8) is 0 Å². The lowest BCUT2D eigenvalue weighted by Crippen LogP contribution is -2.27. The maximum Gasteiger partial charge on any atom is 0.255 e. The molecule has 3 aromatic rings. The summed E-state index contributed by atoms with van der Waals surface area (Å²) >= 11 is 1.61. The molecule has 0 radical (unpaired) electrons. The molecule has 3 aromatic carbocycles. The Balaban J connectivity index is 1.75. The molecule has 0 heterocycles. The Morgan fingerprint density at radius 3 is 2.34 bits per heavy atom. The molecule has 0 saturated heterocycles. The van der Waals surface area contributed by atoms with Crippen molar-refractivity contribution in [2.24, 2.45) is 0 Å². The smallest absolute Gasteiger partial charge is 0.255 e. The van der Waals surface area contributed by atoms with Crippen molar-refractivity contribution in [3.8, 4) is 17.6 Å². The Morgan fingerprint density at radius 2 is 1.69 bits per heavy atom. The van der Waals surface area contributed by atoms with Crippen molar-refractivity contribution < 1.29 is 14.3 Å². The van der Waals surface area contributed by atoms with Gasteiger partial charge in [-0.1, -0.05) is 24.3 Å². The third-order valence-electron chi connectivity index (χ3n) is 5.19. The molecule has 1 amide bonds. The first kappa shape index (κ1) is 23.2. The second kappa shape index (κ2) is 10.7. The molecule has 0 aromatic heterocycles. The first-order valence-electron chi connectivity index (χ1n) is 10.1. The van der Waals surface area contributed by atoms with E-state index in [0.29, 0.717) is 34.9 Å². The number of amides is 1. The number of methoxy groups -OCH3 is 2. The van der Waals surface area contributed by atoms with Crippen molar-refractivity contribution in [2.45, 2.75) is 24.1 Å². The zero-order valence-electron chi connectivity index (χ0n) is 18.7. The van der Waals surface area contributed by atoms with Crippen LogP contribution in [0.15, 0.2) is 65.6 Å². The van der Waals surface area contributed by atoms with Crippen LogP contribution in [0.3, 0.4) is 0 Å². The topological polar surface area (TPSA) is 62.6 Å². The molecule has 0 unspecified atom stereocenters. The van der Waals surface area contributed by atoms with Crippen molar-refractivity contribution in [3.05, 3.63) is 88.5 Å². The average molecular weight is 447 g/mol. The number of nitriles is 1. The molecule has 0 fully saturated rings. The first-order chi connectivity index (χ1) is 15.5. The summed E-state index contributed by atoms with van der Waals surface area (Å²) < 4.78 is 10.8. The number of carbonyl (C=O) groups is 1. The summed E-state index contributed by atoms with van der Waals surface area (Å²) in [6.07, 6.45) is 0. The van der Waals surface area contributed by atoms with Gasteiger partial charge >= 0.3 is 0 Å². The molecule has 0 aliphatic rings. The van der Waals surface area contributed by atoms with E-state index in [4.69, 9.17) is 14.7 Å².